The quantitative estimate of drug-likeness (QED) is 0.686. The molecular formula is C12H21NO6S. The summed E-state index contributed by atoms with van der Waals surface area (Å²) in [6, 6.07) is 0. The van der Waals surface area contributed by atoms with Gasteiger partial charge in [0, 0.05) is 25.9 Å². The molecule has 8 heteroatoms. The summed E-state index contributed by atoms with van der Waals surface area (Å²) in [5.41, 5.74) is 0. The number of hydrogen-bond acceptors (Lipinski definition) is 5. The minimum atomic E-state index is -3.42. The fraction of sp³-hybridized carbons (Fsp3) is 0.833. The van der Waals surface area contributed by atoms with Gasteiger partial charge in [-0.3, -0.25) is 9.59 Å². The highest BCUT2D eigenvalue weighted by Gasteiger charge is 2.29. The second-order valence-corrected chi connectivity index (χ2v) is 7.05. The Hall–Kier alpha value is -1.15. The van der Waals surface area contributed by atoms with Crippen molar-refractivity contribution < 1.29 is 27.9 Å². The summed E-state index contributed by atoms with van der Waals surface area (Å²) in [5, 5.41) is 8.77. The summed E-state index contributed by atoms with van der Waals surface area (Å²) >= 11 is 0. The van der Waals surface area contributed by atoms with Gasteiger partial charge in [0.15, 0.2) is 0 Å². The van der Waals surface area contributed by atoms with Crippen LogP contribution in [0.25, 0.3) is 0 Å². The minimum Gasteiger partial charge on any atom is -0.481 e. The number of aliphatic carboxylic acids is 1. The number of sulfonamides is 1. The van der Waals surface area contributed by atoms with Crippen molar-refractivity contribution in [1.29, 1.82) is 0 Å². The molecule has 1 fully saturated rings. The van der Waals surface area contributed by atoms with Crippen molar-refractivity contribution in [3.8, 4) is 0 Å². The van der Waals surface area contributed by atoms with Crippen molar-refractivity contribution >= 4 is 22.0 Å². The Balaban J connectivity index is 2.49. The maximum Gasteiger partial charge on any atom is 0.305 e. The van der Waals surface area contributed by atoms with E-state index in [0.717, 1.165) is 6.42 Å². The van der Waals surface area contributed by atoms with Crippen molar-refractivity contribution in [2.24, 2.45) is 5.92 Å². The summed E-state index contributed by atoms with van der Waals surface area (Å²) in [6.07, 6.45) is 1.69. The molecular weight excluding hydrogens is 286 g/mol. The van der Waals surface area contributed by atoms with Crippen LogP contribution in [0.4, 0.5) is 0 Å². The van der Waals surface area contributed by atoms with Gasteiger partial charge in [-0.15, -0.1) is 0 Å². The highest BCUT2D eigenvalue weighted by atomic mass is 32.2. The van der Waals surface area contributed by atoms with E-state index in [1.807, 2.05) is 0 Å². The number of carboxylic acids is 1. The number of rotatable bonds is 7. The molecule has 0 aromatic carbocycles. The number of carboxylic acid groups (broad SMARTS) is 1. The Kier molecular flexibility index (Phi) is 6.41. The predicted molar refractivity (Wildman–Crippen MR) is 71.6 cm³/mol. The SMILES string of the molecule is COC(=O)CCCS(=O)(=O)N1CCCC(CC(=O)O)C1. The first kappa shape index (κ1) is 16.9. The van der Waals surface area contributed by atoms with Crippen LogP contribution in [0, 0.1) is 5.92 Å². The molecule has 1 aliphatic rings. The fourth-order valence-corrected chi connectivity index (χ4v) is 3.94. The number of carbonyl (C=O) groups is 2. The summed E-state index contributed by atoms with van der Waals surface area (Å²) < 4.78 is 30.0. The molecule has 0 aromatic rings. The van der Waals surface area contributed by atoms with Crippen molar-refractivity contribution in [3.63, 3.8) is 0 Å². The summed E-state index contributed by atoms with van der Waals surface area (Å²) in [6.45, 7) is 0.684. The molecule has 1 aliphatic heterocycles. The molecule has 1 unspecified atom stereocenters. The van der Waals surface area contributed by atoms with Crippen molar-refractivity contribution in [2.45, 2.75) is 32.1 Å². The zero-order valence-electron chi connectivity index (χ0n) is 11.6. The van der Waals surface area contributed by atoms with Crippen LogP contribution in [0.3, 0.4) is 0 Å². The fourth-order valence-electron chi connectivity index (χ4n) is 2.32. The van der Waals surface area contributed by atoms with Gasteiger partial charge in [-0.2, -0.15) is 0 Å². The third kappa shape index (κ3) is 5.46. The van der Waals surface area contributed by atoms with Gasteiger partial charge in [0.25, 0.3) is 0 Å². The second kappa shape index (κ2) is 7.58. The number of piperidine rings is 1. The Labute approximate surface area is 118 Å². The maximum absolute atomic E-state index is 12.1. The van der Waals surface area contributed by atoms with Crippen LogP contribution in [0.2, 0.25) is 0 Å². The first-order valence-electron chi connectivity index (χ1n) is 6.61. The molecule has 1 rings (SSSR count). The number of hydrogen-bond donors (Lipinski definition) is 1. The zero-order valence-corrected chi connectivity index (χ0v) is 12.4. The predicted octanol–water partition coefficient (Wildman–Crippen LogP) is 0.456. The van der Waals surface area contributed by atoms with E-state index in [1.54, 1.807) is 0 Å². The van der Waals surface area contributed by atoms with Gasteiger partial charge in [-0.25, -0.2) is 12.7 Å². The molecule has 7 nitrogen and oxygen atoms in total. The molecule has 0 saturated carbocycles. The molecule has 1 heterocycles. The van der Waals surface area contributed by atoms with E-state index >= 15 is 0 Å². The molecule has 1 atom stereocenters. The van der Waals surface area contributed by atoms with Gasteiger partial charge in [-0.05, 0) is 25.2 Å². The highest BCUT2D eigenvalue weighted by Crippen LogP contribution is 2.22. The highest BCUT2D eigenvalue weighted by molar-refractivity contribution is 7.89. The minimum absolute atomic E-state index is 0.00577. The molecule has 0 amide bonds. The van der Waals surface area contributed by atoms with E-state index in [0.29, 0.717) is 13.0 Å². The Morgan fingerprint density at radius 1 is 1.40 bits per heavy atom. The molecule has 0 bridgehead atoms. The van der Waals surface area contributed by atoms with Gasteiger partial charge in [0.05, 0.1) is 12.9 Å². The molecule has 0 aliphatic carbocycles. The van der Waals surface area contributed by atoms with Gasteiger partial charge in [0.2, 0.25) is 10.0 Å². The number of methoxy groups -OCH3 is 1. The van der Waals surface area contributed by atoms with Crippen LogP contribution < -0.4 is 0 Å². The van der Waals surface area contributed by atoms with Gasteiger partial charge in [0.1, 0.15) is 0 Å². The van der Waals surface area contributed by atoms with Gasteiger partial charge < -0.3 is 9.84 Å². The lowest BCUT2D eigenvalue weighted by molar-refractivity contribution is -0.141. The number of nitrogens with zero attached hydrogens (tertiary/aromatic N) is 1. The van der Waals surface area contributed by atoms with E-state index in [2.05, 4.69) is 4.74 Å². The average molecular weight is 307 g/mol. The average Bonchev–Trinajstić information content (AvgIpc) is 2.38. The summed E-state index contributed by atoms with van der Waals surface area (Å²) in [5.74, 6) is -1.57. The lowest BCUT2D eigenvalue weighted by atomic mass is 9.96. The van der Waals surface area contributed by atoms with Crippen LogP contribution in [0.5, 0.6) is 0 Å². The third-order valence-electron chi connectivity index (χ3n) is 3.35. The summed E-state index contributed by atoms with van der Waals surface area (Å²) in [4.78, 5) is 21.6. The van der Waals surface area contributed by atoms with Crippen molar-refractivity contribution in [3.05, 3.63) is 0 Å². The van der Waals surface area contributed by atoms with Gasteiger partial charge >= 0.3 is 11.9 Å². The molecule has 1 N–H and O–H groups in total. The number of ether oxygens (including phenoxy) is 1. The van der Waals surface area contributed by atoms with Crippen LogP contribution in [0.15, 0.2) is 0 Å². The van der Waals surface area contributed by atoms with Crippen molar-refractivity contribution in [1.82, 2.24) is 4.31 Å². The standard InChI is InChI=1S/C12H21NO6S/c1-19-12(16)5-3-7-20(17,18)13-6-2-4-10(9-13)8-11(14)15/h10H,2-9H2,1H3,(H,14,15). The number of carbonyl (C=O) groups excluding carboxylic acids is 1. The molecule has 20 heavy (non-hydrogen) atoms. The molecule has 116 valence electrons. The van der Waals surface area contributed by atoms with Gasteiger partial charge in [-0.1, -0.05) is 0 Å². The van der Waals surface area contributed by atoms with Crippen LogP contribution >= 0.6 is 0 Å². The maximum atomic E-state index is 12.1. The van der Waals surface area contributed by atoms with Crippen LogP contribution in [-0.2, 0) is 24.3 Å². The van der Waals surface area contributed by atoms with Crippen molar-refractivity contribution in [2.75, 3.05) is 26.0 Å². The molecule has 0 aromatic heterocycles. The molecule has 0 spiro atoms. The normalized spacial score (nSPS) is 20.6. The van der Waals surface area contributed by atoms with E-state index < -0.39 is 22.0 Å². The Morgan fingerprint density at radius 3 is 2.70 bits per heavy atom. The summed E-state index contributed by atoms with van der Waals surface area (Å²) in [7, 11) is -2.16. The lowest BCUT2D eigenvalue weighted by Crippen LogP contribution is -2.41. The topological polar surface area (TPSA) is 101 Å². The zero-order chi connectivity index (χ0) is 15.2. The lowest BCUT2D eigenvalue weighted by Gasteiger charge is -2.31. The largest absolute Gasteiger partial charge is 0.481 e. The first-order valence-corrected chi connectivity index (χ1v) is 8.22. The second-order valence-electron chi connectivity index (χ2n) is 4.96. The number of esters is 1. The molecule has 1 saturated heterocycles. The van der Waals surface area contributed by atoms with Crippen LogP contribution in [0.1, 0.15) is 32.1 Å². The van der Waals surface area contributed by atoms with E-state index in [1.165, 1.54) is 11.4 Å². The monoisotopic (exact) mass is 307 g/mol. The molecule has 0 radical (unpaired) electrons. The Morgan fingerprint density at radius 2 is 2.10 bits per heavy atom. The van der Waals surface area contributed by atoms with Crippen LogP contribution in [-0.4, -0.2) is 55.7 Å². The van der Waals surface area contributed by atoms with E-state index in [-0.39, 0.29) is 37.5 Å². The Bertz CT molecular complexity index is 447. The van der Waals surface area contributed by atoms with E-state index in [9.17, 15) is 18.0 Å². The third-order valence-corrected chi connectivity index (χ3v) is 5.27. The smallest absolute Gasteiger partial charge is 0.305 e. The van der Waals surface area contributed by atoms with E-state index in [4.69, 9.17) is 5.11 Å². The first-order chi connectivity index (χ1) is 9.35.